The van der Waals surface area contributed by atoms with Gasteiger partial charge < -0.3 is 9.84 Å². The van der Waals surface area contributed by atoms with Gasteiger partial charge in [0.1, 0.15) is 22.7 Å². The molecule has 1 aliphatic rings. The van der Waals surface area contributed by atoms with Crippen LogP contribution in [0.15, 0.2) is 29.8 Å². The van der Waals surface area contributed by atoms with Gasteiger partial charge in [-0.05, 0) is 18.2 Å². The van der Waals surface area contributed by atoms with E-state index < -0.39 is 17.7 Å². The molecule has 7 heteroatoms. The number of rotatable bonds is 4. The van der Waals surface area contributed by atoms with Crippen LogP contribution in [-0.4, -0.2) is 41.2 Å². The van der Waals surface area contributed by atoms with Crippen molar-refractivity contribution in [3.8, 4) is 0 Å². The summed E-state index contributed by atoms with van der Waals surface area (Å²) in [6.45, 7) is 1.95. The van der Waals surface area contributed by atoms with Crippen molar-refractivity contribution in [2.45, 2.75) is 12.2 Å². The zero-order valence-corrected chi connectivity index (χ0v) is 12.6. The second-order valence-corrected chi connectivity index (χ2v) is 6.10. The molecule has 1 aromatic carbocycles. The molecule has 3 rings (SSSR count). The quantitative estimate of drug-likeness (QED) is 0.938. The second kappa shape index (κ2) is 6.78. The summed E-state index contributed by atoms with van der Waals surface area (Å²) in [4.78, 5) is 6.21. The summed E-state index contributed by atoms with van der Waals surface area (Å²) in [7, 11) is 0. The highest BCUT2D eigenvalue weighted by molar-refractivity contribution is 7.09. The van der Waals surface area contributed by atoms with Crippen LogP contribution in [0.4, 0.5) is 8.78 Å². The van der Waals surface area contributed by atoms with Crippen LogP contribution in [0.2, 0.25) is 0 Å². The van der Waals surface area contributed by atoms with Crippen molar-refractivity contribution < 1.29 is 18.6 Å². The molecule has 22 heavy (non-hydrogen) atoms. The Bertz CT molecular complexity index is 624. The zero-order valence-electron chi connectivity index (χ0n) is 11.8. The molecule has 0 unspecified atom stereocenters. The monoisotopic (exact) mass is 326 g/mol. The fourth-order valence-corrected chi connectivity index (χ4v) is 3.20. The summed E-state index contributed by atoms with van der Waals surface area (Å²) in [5, 5.41) is 13.0. The highest BCUT2D eigenvalue weighted by Gasteiger charge is 2.26. The van der Waals surface area contributed by atoms with Crippen LogP contribution in [0.1, 0.15) is 22.8 Å². The number of hydrogen-bond donors (Lipinski definition) is 1. The third kappa shape index (κ3) is 3.49. The molecule has 2 heterocycles. The van der Waals surface area contributed by atoms with E-state index in [2.05, 4.69) is 4.98 Å². The molecule has 118 valence electrons. The predicted molar refractivity (Wildman–Crippen MR) is 78.6 cm³/mol. The Morgan fingerprint density at radius 2 is 2.32 bits per heavy atom. The molecule has 1 aliphatic heterocycles. The van der Waals surface area contributed by atoms with E-state index in [0.29, 0.717) is 19.7 Å². The van der Waals surface area contributed by atoms with Gasteiger partial charge in [-0.15, -0.1) is 11.3 Å². The van der Waals surface area contributed by atoms with Crippen LogP contribution in [0.3, 0.4) is 0 Å². The molecule has 1 aromatic heterocycles. The minimum Gasteiger partial charge on any atom is -0.387 e. The largest absolute Gasteiger partial charge is 0.387 e. The van der Waals surface area contributed by atoms with Gasteiger partial charge in [0.15, 0.2) is 0 Å². The van der Waals surface area contributed by atoms with Crippen LogP contribution >= 0.6 is 11.3 Å². The average molecular weight is 326 g/mol. The molecule has 4 nitrogen and oxygen atoms in total. The maximum Gasteiger partial charge on any atom is 0.129 e. The Labute approximate surface area is 131 Å². The van der Waals surface area contributed by atoms with Crippen LogP contribution in [0, 0.1) is 11.6 Å². The minimum atomic E-state index is -1.08. The molecule has 1 fully saturated rings. The Hall–Kier alpha value is -1.41. The van der Waals surface area contributed by atoms with E-state index in [1.54, 1.807) is 6.20 Å². The third-order valence-corrected chi connectivity index (χ3v) is 4.49. The Morgan fingerprint density at radius 1 is 1.45 bits per heavy atom. The fraction of sp³-hybridized carbons (Fsp3) is 0.400. The van der Waals surface area contributed by atoms with Crippen molar-refractivity contribution in [2.24, 2.45) is 0 Å². The standard InChI is InChI=1S/C15H16F2N2O2S/c16-10-1-2-12(17)11(7-10)13(20)8-19-4-5-21-14(9-19)15-18-3-6-22-15/h1-3,6-7,13-14,20H,4-5,8-9H2/t13-,14-/m1/s1. The van der Waals surface area contributed by atoms with Crippen LogP contribution in [0.5, 0.6) is 0 Å². The third-order valence-electron chi connectivity index (χ3n) is 3.63. The van der Waals surface area contributed by atoms with E-state index in [-0.39, 0.29) is 18.2 Å². The van der Waals surface area contributed by atoms with Crippen LogP contribution in [-0.2, 0) is 4.74 Å². The second-order valence-electron chi connectivity index (χ2n) is 5.17. The maximum absolute atomic E-state index is 13.7. The molecule has 0 amide bonds. The summed E-state index contributed by atoms with van der Waals surface area (Å²) in [5.41, 5.74) is -0.0164. The van der Waals surface area contributed by atoms with E-state index in [0.717, 1.165) is 23.2 Å². The highest BCUT2D eigenvalue weighted by atomic mass is 32.1. The molecular weight excluding hydrogens is 310 g/mol. The van der Waals surface area contributed by atoms with Gasteiger partial charge in [0, 0.05) is 36.8 Å². The van der Waals surface area contributed by atoms with Gasteiger partial charge in [0.2, 0.25) is 0 Å². The van der Waals surface area contributed by atoms with E-state index in [1.807, 2.05) is 10.3 Å². The number of benzene rings is 1. The lowest BCUT2D eigenvalue weighted by atomic mass is 10.1. The predicted octanol–water partition coefficient (Wildman–Crippen LogP) is 2.53. The number of halogens is 2. The molecule has 2 atom stereocenters. The number of hydrogen-bond acceptors (Lipinski definition) is 5. The van der Waals surface area contributed by atoms with Gasteiger partial charge in [-0.25, -0.2) is 13.8 Å². The first-order chi connectivity index (χ1) is 10.6. The fourth-order valence-electron chi connectivity index (χ4n) is 2.52. The summed E-state index contributed by atoms with van der Waals surface area (Å²) in [6, 6.07) is 3.11. The van der Waals surface area contributed by atoms with Gasteiger partial charge >= 0.3 is 0 Å². The van der Waals surface area contributed by atoms with Gasteiger partial charge in [0.25, 0.3) is 0 Å². The van der Waals surface area contributed by atoms with Crippen LogP contribution in [0.25, 0.3) is 0 Å². The van der Waals surface area contributed by atoms with Gasteiger partial charge in [-0.1, -0.05) is 0 Å². The molecule has 0 aliphatic carbocycles. The normalized spacial score (nSPS) is 21.0. The summed E-state index contributed by atoms with van der Waals surface area (Å²) >= 11 is 1.52. The van der Waals surface area contributed by atoms with Gasteiger partial charge in [-0.2, -0.15) is 0 Å². The highest BCUT2D eigenvalue weighted by Crippen LogP contribution is 2.26. The van der Waals surface area contributed by atoms with Crippen molar-refractivity contribution in [1.82, 2.24) is 9.88 Å². The molecule has 0 radical (unpaired) electrons. The Kier molecular flexibility index (Phi) is 4.77. The molecule has 2 aromatic rings. The number of aliphatic hydroxyl groups excluding tert-OH is 1. The topological polar surface area (TPSA) is 45.6 Å². The number of thiazole rings is 1. The molecule has 0 spiro atoms. The van der Waals surface area contributed by atoms with Crippen molar-refractivity contribution in [1.29, 1.82) is 0 Å². The lowest BCUT2D eigenvalue weighted by Crippen LogP contribution is -2.40. The molecule has 0 bridgehead atoms. The van der Waals surface area contributed by atoms with Crippen molar-refractivity contribution in [2.75, 3.05) is 26.2 Å². The Morgan fingerprint density at radius 3 is 3.09 bits per heavy atom. The lowest BCUT2D eigenvalue weighted by molar-refractivity contribution is -0.0427. The van der Waals surface area contributed by atoms with E-state index in [9.17, 15) is 13.9 Å². The molecule has 1 N–H and O–H groups in total. The maximum atomic E-state index is 13.7. The van der Waals surface area contributed by atoms with Crippen molar-refractivity contribution in [3.63, 3.8) is 0 Å². The average Bonchev–Trinajstić information content (AvgIpc) is 3.04. The number of β-amino-alcohol motifs (C(OH)–C–C–N with tert-alkyl or cyclic N) is 1. The van der Waals surface area contributed by atoms with Crippen molar-refractivity contribution >= 4 is 11.3 Å². The minimum absolute atomic E-state index is 0.0164. The smallest absolute Gasteiger partial charge is 0.129 e. The van der Waals surface area contributed by atoms with E-state index in [4.69, 9.17) is 4.74 Å². The summed E-state index contributed by atoms with van der Waals surface area (Å²) < 4.78 is 32.6. The number of aromatic nitrogens is 1. The van der Waals surface area contributed by atoms with Gasteiger partial charge in [-0.3, -0.25) is 4.90 Å². The summed E-state index contributed by atoms with van der Waals surface area (Å²) in [6.07, 6.45) is 0.503. The molecule has 1 saturated heterocycles. The van der Waals surface area contributed by atoms with Crippen molar-refractivity contribution in [3.05, 3.63) is 52.0 Å². The number of nitrogens with zero attached hydrogens (tertiary/aromatic N) is 2. The first-order valence-corrected chi connectivity index (χ1v) is 7.88. The number of morpholine rings is 1. The number of aliphatic hydroxyl groups is 1. The van der Waals surface area contributed by atoms with E-state index in [1.165, 1.54) is 11.3 Å². The zero-order chi connectivity index (χ0) is 15.5. The Balaban J connectivity index is 1.66. The SMILES string of the molecule is O[C@H](CN1CCO[C@@H](c2nccs2)C1)c1cc(F)ccc1F. The first kappa shape index (κ1) is 15.5. The van der Waals surface area contributed by atoms with E-state index >= 15 is 0 Å². The summed E-state index contributed by atoms with van der Waals surface area (Å²) in [5.74, 6) is -1.16. The number of ether oxygens (including phenoxy) is 1. The lowest BCUT2D eigenvalue weighted by Gasteiger charge is -2.33. The van der Waals surface area contributed by atoms with Crippen LogP contribution < -0.4 is 0 Å². The molecular formula is C15H16F2N2O2S. The van der Waals surface area contributed by atoms with Gasteiger partial charge in [0.05, 0.1) is 12.7 Å². The first-order valence-electron chi connectivity index (χ1n) is 7.00. The molecule has 0 saturated carbocycles.